The molecule has 0 fully saturated rings. The third-order valence-electron chi connectivity index (χ3n) is 2.53. The van der Waals surface area contributed by atoms with E-state index in [0.717, 1.165) is 4.90 Å². The highest BCUT2D eigenvalue weighted by molar-refractivity contribution is 5.79. The van der Waals surface area contributed by atoms with Crippen molar-refractivity contribution in [3.63, 3.8) is 0 Å². The molecule has 1 amide bonds. The molecule has 0 heterocycles. The van der Waals surface area contributed by atoms with Crippen molar-refractivity contribution in [2.45, 2.75) is 33.6 Å². The molecule has 0 aliphatic heterocycles. The van der Waals surface area contributed by atoms with Gasteiger partial charge in [-0.15, -0.1) is 0 Å². The molecule has 0 aliphatic rings. The second-order valence-corrected chi connectivity index (χ2v) is 5.60. The number of aliphatic hydroxyl groups excluding tert-OH is 1. The average molecular weight is 266 g/mol. The SMILES string of the molecule is CC(C)(C)CC(CN)C(=O)N(CCO)CC(F)F. The van der Waals surface area contributed by atoms with Crippen molar-refractivity contribution in [3.8, 4) is 0 Å². The number of amides is 1. The molecule has 0 aliphatic carbocycles. The molecule has 0 bridgehead atoms. The number of hydrogen-bond donors (Lipinski definition) is 2. The molecular weight excluding hydrogens is 242 g/mol. The monoisotopic (exact) mass is 266 g/mol. The fourth-order valence-corrected chi connectivity index (χ4v) is 1.85. The summed E-state index contributed by atoms with van der Waals surface area (Å²) in [6.45, 7) is 4.96. The van der Waals surface area contributed by atoms with Gasteiger partial charge in [-0.25, -0.2) is 8.78 Å². The Kier molecular flexibility index (Phi) is 7.32. The first-order valence-corrected chi connectivity index (χ1v) is 6.09. The molecule has 1 unspecified atom stereocenters. The number of nitrogens with two attached hydrogens (primary N) is 1. The Bertz CT molecular complexity index is 251. The van der Waals surface area contributed by atoms with Gasteiger partial charge in [0, 0.05) is 13.1 Å². The van der Waals surface area contributed by atoms with Crippen LogP contribution in [0.5, 0.6) is 0 Å². The van der Waals surface area contributed by atoms with Gasteiger partial charge in [-0.3, -0.25) is 4.79 Å². The number of aliphatic hydroxyl groups is 1. The fourth-order valence-electron chi connectivity index (χ4n) is 1.85. The minimum Gasteiger partial charge on any atom is -0.395 e. The van der Waals surface area contributed by atoms with E-state index in [1.165, 1.54) is 0 Å². The van der Waals surface area contributed by atoms with Crippen LogP contribution < -0.4 is 5.73 Å². The minimum atomic E-state index is -2.60. The van der Waals surface area contributed by atoms with Crippen molar-refractivity contribution >= 4 is 5.91 Å². The highest BCUT2D eigenvalue weighted by Crippen LogP contribution is 2.25. The van der Waals surface area contributed by atoms with Gasteiger partial charge in [-0.2, -0.15) is 0 Å². The normalized spacial score (nSPS) is 13.8. The Labute approximate surface area is 107 Å². The van der Waals surface area contributed by atoms with Gasteiger partial charge in [0.15, 0.2) is 0 Å². The Morgan fingerprint density at radius 1 is 1.39 bits per heavy atom. The summed E-state index contributed by atoms with van der Waals surface area (Å²) in [5.41, 5.74) is 5.45. The van der Waals surface area contributed by atoms with Crippen molar-refractivity contribution in [1.29, 1.82) is 0 Å². The van der Waals surface area contributed by atoms with Crippen LogP contribution >= 0.6 is 0 Å². The van der Waals surface area contributed by atoms with Gasteiger partial charge in [0.05, 0.1) is 19.1 Å². The molecule has 108 valence electrons. The van der Waals surface area contributed by atoms with E-state index in [4.69, 9.17) is 10.8 Å². The summed E-state index contributed by atoms with van der Waals surface area (Å²) in [4.78, 5) is 13.1. The lowest BCUT2D eigenvalue weighted by Gasteiger charge is -2.29. The molecule has 18 heavy (non-hydrogen) atoms. The van der Waals surface area contributed by atoms with Crippen LogP contribution in [0.2, 0.25) is 0 Å². The van der Waals surface area contributed by atoms with Gasteiger partial charge >= 0.3 is 0 Å². The molecule has 3 N–H and O–H groups in total. The number of nitrogens with zero attached hydrogens (tertiary/aromatic N) is 1. The van der Waals surface area contributed by atoms with Gasteiger partial charge < -0.3 is 15.7 Å². The first-order chi connectivity index (χ1) is 8.21. The molecule has 4 nitrogen and oxygen atoms in total. The van der Waals surface area contributed by atoms with Gasteiger partial charge in [-0.1, -0.05) is 20.8 Å². The maximum Gasteiger partial charge on any atom is 0.255 e. The number of carbonyl (C=O) groups is 1. The van der Waals surface area contributed by atoms with Crippen molar-refractivity contribution in [1.82, 2.24) is 4.90 Å². The number of rotatable bonds is 7. The lowest BCUT2D eigenvalue weighted by molar-refractivity contribution is -0.138. The van der Waals surface area contributed by atoms with Crippen LogP contribution in [0.1, 0.15) is 27.2 Å². The van der Waals surface area contributed by atoms with Crippen molar-refractivity contribution < 1.29 is 18.7 Å². The number of halogens is 2. The second-order valence-electron chi connectivity index (χ2n) is 5.60. The van der Waals surface area contributed by atoms with Crippen LogP contribution in [-0.4, -0.2) is 48.6 Å². The lowest BCUT2D eigenvalue weighted by Crippen LogP contribution is -2.44. The molecule has 1 atom stereocenters. The Hall–Kier alpha value is -0.750. The van der Waals surface area contributed by atoms with E-state index in [1.54, 1.807) is 0 Å². The summed E-state index contributed by atoms with van der Waals surface area (Å²) in [6, 6.07) is 0. The second kappa shape index (κ2) is 7.63. The highest BCUT2D eigenvalue weighted by atomic mass is 19.3. The van der Waals surface area contributed by atoms with Crippen molar-refractivity contribution in [2.24, 2.45) is 17.1 Å². The van der Waals surface area contributed by atoms with Crippen molar-refractivity contribution in [2.75, 3.05) is 26.2 Å². The molecule has 0 saturated heterocycles. The van der Waals surface area contributed by atoms with Crippen LogP contribution in [0.25, 0.3) is 0 Å². The van der Waals surface area contributed by atoms with E-state index >= 15 is 0 Å². The van der Waals surface area contributed by atoms with Crippen LogP contribution in [0.15, 0.2) is 0 Å². The predicted octanol–water partition coefficient (Wildman–Crippen LogP) is 1.08. The molecule has 0 spiro atoms. The summed E-state index contributed by atoms with van der Waals surface area (Å²) in [6.07, 6.45) is -2.07. The van der Waals surface area contributed by atoms with Crippen LogP contribution in [0.4, 0.5) is 8.78 Å². The smallest absolute Gasteiger partial charge is 0.255 e. The topological polar surface area (TPSA) is 66.6 Å². The van der Waals surface area contributed by atoms with Crippen molar-refractivity contribution in [3.05, 3.63) is 0 Å². The quantitative estimate of drug-likeness (QED) is 0.724. The van der Waals surface area contributed by atoms with E-state index < -0.39 is 24.8 Å². The predicted molar refractivity (Wildman–Crippen MR) is 66.3 cm³/mol. The molecule has 0 rings (SSSR count). The summed E-state index contributed by atoms with van der Waals surface area (Å²) in [5.74, 6) is -0.878. The van der Waals surface area contributed by atoms with Gasteiger partial charge in [0.2, 0.25) is 5.91 Å². The van der Waals surface area contributed by atoms with Crippen LogP contribution in [0, 0.1) is 11.3 Å². The maximum atomic E-state index is 12.4. The summed E-state index contributed by atoms with van der Waals surface area (Å²) in [7, 11) is 0. The maximum absolute atomic E-state index is 12.4. The zero-order valence-corrected chi connectivity index (χ0v) is 11.3. The van der Waals surface area contributed by atoms with E-state index in [9.17, 15) is 13.6 Å². The van der Waals surface area contributed by atoms with E-state index in [1.807, 2.05) is 20.8 Å². The first-order valence-electron chi connectivity index (χ1n) is 6.09. The largest absolute Gasteiger partial charge is 0.395 e. The summed E-state index contributed by atoms with van der Waals surface area (Å²) >= 11 is 0. The number of carbonyl (C=O) groups excluding carboxylic acids is 1. The molecule has 0 aromatic carbocycles. The minimum absolute atomic E-state index is 0.0795. The van der Waals surface area contributed by atoms with Gasteiger partial charge in [0.25, 0.3) is 6.43 Å². The molecule has 0 aromatic heterocycles. The van der Waals surface area contributed by atoms with Gasteiger partial charge in [0.1, 0.15) is 0 Å². The first kappa shape index (κ1) is 17.2. The van der Waals surface area contributed by atoms with Gasteiger partial charge in [-0.05, 0) is 11.8 Å². The zero-order valence-electron chi connectivity index (χ0n) is 11.3. The average Bonchev–Trinajstić information content (AvgIpc) is 2.22. The van der Waals surface area contributed by atoms with E-state index in [0.29, 0.717) is 6.42 Å². The van der Waals surface area contributed by atoms with Crippen LogP contribution in [-0.2, 0) is 4.79 Å². The third kappa shape index (κ3) is 6.86. The van der Waals surface area contributed by atoms with Crippen LogP contribution in [0.3, 0.4) is 0 Å². The lowest BCUT2D eigenvalue weighted by atomic mass is 9.84. The summed E-state index contributed by atoms with van der Waals surface area (Å²) < 4.78 is 24.7. The van der Waals surface area contributed by atoms with E-state index in [2.05, 4.69) is 0 Å². The third-order valence-corrected chi connectivity index (χ3v) is 2.53. The molecular formula is C12H24F2N2O2. The van der Waals surface area contributed by atoms with E-state index in [-0.39, 0.29) is 25.1 Å². The highest BCUT2D eigenvalue weighted by Gasteiger charge is 2.28. The molecule has 0 radical (unpaired) electrons. The number of hydrogen-bond acceptors (Lipinski definition) is 3. The Balaban J connectivity index is 4.69. The standard InChI is InChI=1S/C12H24F2N2O2/c1-12(2,3)6-9(7-15)11(18)16(4-5-17)8-10(13)14/h9-10,17H,4-8,15H2,1-3H3. The zero-order chi connectivity index (χ0) is 14.3. The Morgan fingerprint density at radius 3 is 2.28 bits per heavy atom. The molecule has 6 heteroatoms. The molecule has 0 saturated carbocycles. The summed E-state index contributed by atoms with van der Waals surface area (Å²) in [5, 5.41) is 8.82. The molecule has 0 aromatic rings. The number of alkyl halides is 2. The fraction of sp³-hybridized carbons (Fsp3) is 0.917. The Morgan fingerprint density at radius 2 is 1.94 bits per heavy atom.